The van der Waals surface area contributed by atoms with Crippen molar-refractivity contribution >= 4 is 33.4 Å². The van der Waals surface area contributed by atoms with Crippen molar-refractivity contribution in [1.29, 1.82) is 0 Å². The molecule has 20 heavy (non-hydrogen) atoms. The predicted octanol–water partition coefficient (Wildman–Crippen LogP) is 2.46. The first-order valence-corrected chi connectivity index (χ1v) is 7.20. The maximum Gasteiger partial charge on any atom is 0.250 e. The van der Waals surface area contributed by atoms with Crippen molar-refractivity contribution in [3.8, 4) is 0 Å². The summed E-state index contributed by atoms with van der Waals surface area (Å²) in [6.45, 7) is 5.26. The number of rotatable bonds is 2. The van der Waals surface area contributed by atoms with E-state index < -0.39 is 17.9 Å². The van der Waals surface area contributed by atoms with Gasteiger partial charge in [0.15, 0.2) is 0 Å². The number of nitrogens with zero attached hydrogens (tertiary/aromatic N) is 1. The van der Waals surface area contributed by atoms with Crippen LogP contribution in [0.15, 0.2) is 22.7 Å². The Kier molecular flexibility index (Phi) is 4.13. The van der Waals surface area contributed by atoms with Gasteiger partial charge in [-0.3, -0.25) is 14.5 Å². The molecule has 2 rings (SSSR count). The van der Waals surface area contributed by atoms with Crippen molar-refractivity contribution < 1.29 is 14.0 Å². The number of anilines is 1. The van der Waals surface area contributed by atoms with Crippen LogP contribution in [0.4, 0.5) is 10.1 Å². The molecule has 0 aromatic heterocycles. The lowest BCUT2D eigenvalue weighted by Gasteiger charge is -2.39. The minimum absolute atomic E-state index is 0.116. The van der Waals surface area contributed by atoms with Crippen LogP contribution in [-0.4, -0.2) is 23.9 Å². The third-order valence-electron chi connectivity index (χ3n) is 3.31. The Morgan fingerprint density at radius 1 is 1.35 bits per heavy atom. The molecule has 4 nitrogen and oxygen atoms in total. The van der Waals surface area contributed by atoms with Crippen LogP contribution in [0, 0.1) is 11.7 Å². The van der Waals surface area contributed by atoms with E-state index in [9.17, 15) is 14.0 Å². The Bertz CT molecular complexity index is 562. The quantitative estimate of drug-likeness (QED) is 0.897. The monoisotopic (exact) mass is 342 g/mol. The molecule has 1 aliphatic heterocycles. The van der Waals surface area contributed by atoms with Gasteiger partial charge in [-0.15, -0.1) is 0 Å². The molecule has 0 radical (unpaired) electrons. The minimum Gasteiger partial charge on any atom is -0.343 e. The van der Waals surface area contributed by atoms with Gasteiger partial charge in [-0.05, 0) is 31.0 Å². The van der Waals surface area contributed by atoms with E-state index >= 15 is 0 Å². The zero-order valence-corrected chi connectivity index (χ0v) is 13.1. The maximum absolute atomic E-state index is 14.1. The van der Waals surface area contributed by atoms with Gasteiger partial charge in [-0.25, -0.2) is 4.39 Å². The lowest BCUT2D eigenvalue weighted by atomic mass is 9.96. The molecule has 1 heterocycles. The second-order valence-corrected chi connectivity index (χ2v) is 6.14. The molecule has 1 N–H and O–H groups in total. The third kappa shape index (κ3) is 2.57. The molecule has 0 saturated carbocycles. The first-order valence-electron chi connectivity index (χ1n) is 6.41. The number of piperazine rings is 1. The van der Waals surface area contributed by atoms with Gasteiger partial charge < -0.3 is 5.32 Å². The molecule has 0 bridgehead atoms. The highest BCUT2D eigenvalue weighted by molar-refractivity contribution is 9.10. The van der Waals surface area contributed by atoms with Crippen LogP contribution in [0.5, 0.6) is 0 Å². The van der Waals surface area contributed by atoms with Gasteiger partial charge >= 0.3 is 0 Å². The Labute approximate surface area is 125 Å². The van der Waals surface area contributed by atoms with Gasteiger partial charge in [0.05, 0.1) is 5.69 Å². The SMILES string of the molecule is CC1NC(=O)C(C(C)C)N(c2ccc(Br)cc2F)C1=O. The van der Waals surface area contributed by atoms with E-state index in [1.165, 1.54) is 17.0 Å². The van der Waals surface area contributed by atoms with Gasteiger partial charge in [0.25, 0.3) is 0 Å². The number of amides is 2. The van der Waals surface area contributed by atoms with E-state index in [0.717, 1.165) is 0 Å². The maximum atomic E-state index is 14.1. The van der Waals surface area contributed by atoms with Crippen LogP contribution in [0.25, 0.3) is 0 Å². The van der Waals surface area contributed by atoms with E-state index in [2.05, 4.69) is 21.2 Å². The molecule has 2 unspecified atom stereocenters. The number of benzene rings is 1. The predicted molar refractivity (Wildman–Crippen MR) is 77.8 cm³/mol. The standard InChI is InChI=1S/C14H16BrFN2O2/c1-7(2)12-13(19)17-8(3)14(20)18(12)11-5-4-9(15)6-10(11)16/h4-8,12H,1-3H3,(H,17,19). The summed E-state index contributed by atoms with van der Waals surface area (Å²) in [4.78, 5) is 25.7. The number of hydrogen-bond donors (Lipinski definition) is 1. The van der Waals surface area contributed by atoms with Crippen molar-refractivity contribution in [2.75, 3.05) is 4.90 Å². The van der Waals surface area contributed by atoms with Crippen LogP contribution in [0.2, 0.25) is 0 Å². The largest absolute Gasteiger partial charge is 0.343 e. The van der Waals surface area contributed by atoms with Gasteiger partial charge in [-0.1, -0.05) is 29.8 Å². The van der Waals surface area contributed by atoms with Crippen molar-refractivity contribution in [2.24, 2.45) is 5.92 Å². The van der Waals surface area contributed by atoms with Crippen LogP contribution < -0.4 is 10.2 Å². The summed E-state index contributed by atoms with van der Waals surface area (Å²) >= 11 is 3.18. The summed E-state index contributed by atoms with van der Waals surface area (Å²) in [5.74, 6) is -1.20. The fourth-order valence-electron chi connectivity index (χ4n) is 2.37. The van der Waals surface area contributed by atoms with E-state index in [0.29, 0.717) is 4.47 Å². The summed E-state index contributed by atoms with van der Waals surface area (Å²) in [6, 6.07) is 3.10. The lowest BCUT2D eigenvalue weighted by Crippen LogP contribution is -2.64. The molecule has 1 fully saturated rings. The summed E-state index contributed by atoms with van der Waals surface area (Å²) < 4.78 is 14.7. The van der Waals surface area contributed by atoms with Gasteiger partial charge in [0, 0.05) is 4.47 Å². The first-order chi connectivity index (χ1) is 9.32. The number of nitrogens with one attached hydrogen (secondary N) is 1. The fourth-order valence-corrected chi connectivity index (χ4v) is 2.70. The van der Waals surface area contributed by atoms with Crippen molar-refractivity contribution in [3.05, 3.63) is 28.5 Å². The minimum atomic E-state index is -0.700. The molecule has 2 amide bonds. The van der Waals surface area contributed by atoms with Crippen LogP contribution >= 0.6 is 15.9 Å². The molecule has 1 saturated heterocycles. The summed E-state index contributed by atoms with van der Waals surface area (Å²) in [6.07, 6.45) is 0. The van der Waals surface area contributed by atoms with E-state index in [1.54, 1.807) is 13.0 Å². The van der Waals surface area contributed by atoms with Crippen LogP contribution in [0.3, 0.4) is 0 Å². The van der Waals surface area contributed by atoms with Gasteiger partial charge in [0.1, 0.15) is 17.9 Å². The third-order valence-corrected chi connectivity index (χ3v) is 3.81. The molecule has 0 spiro atoms. The molecule has 6 heteroatoms. The second-order valence-electron chi connectivity index (χ2n) is 5.22. The number of hydrogen-bond acceptors (Lipinski definition) is 2. The zero-order chi connectivity index (χ0) is 15.0. The molecule has 0 aliphatic carbocycles. The fraction of sp³-hybridized carbons (Fsp3) is 0.429. The number of carbonyl (C=O) groups is 2. The average molecular weight is 343 g/mol. The zero-order valence-electron chi connectivity index (χ0n) is 11.5. The van der Waals surface area contributed by atoms with Crippen LogP contribution in [0.1, 0.15) is 20.8 Å². The van der Waals surface area contributed by atoms with Gasteiger partial charge in [0.2, 0.25) is 11.8 Å². The average Bonchev–Trinajstić information content (AvgIpc) is 2.33. The van der Waals surface area contributed by atoms with Gasteiger partial charge in [-0.2, -0.15) is 0 Å². The first kappa shape index (κ1) is 15.0. The Morgan fingerprint density at radius 3 is 2.55 bits per heavy atom. The summed E-state index contributed by atoms with van der Waals surface area (Å²) in [5.41, 5.74) is 0.138. The highest BCUT2D eigenvalue weighted by Crippen LogP contribution is 2.29. The second kappa shape index (κ2) is 5.52. The van der Waals surface area contributed by atoms with Crippen LogP contribution in [-0.2, 0) is 9.59 Å². The number of carbonyl (C=O) groups excluding carboxylic acids is 2. The van der Waals surface area contributed by atoms with Crippen molar-refractivity contribution in [2.45, 2.75) is 32.9 Å². The van der Waals surface area contributed by atoms with Crippen molar-refractivity contribution in [3.63, 3.8) is 0 Å². The molecule has 1 aliphatic rings. The molecular weight excluding hydrogens is 327 g/mol. The molecule has 1 aromatic rings. The Balaban J connectivity index is 2.52. The van der Waals surface area contributed by atoms with E-state index in [-0.39, 0.29) is 23.4 Å². The molecule has 108 valence electrons. The van der Waals surface area contributed by atoms with E-state index in [1.807, 2.05) is 13.8 Å². The molecular formula is C14H16BrFN2O2. The highest BCUT2D eigenvalue weighted by atomic mass is 79.9. The Hall–Kier alpha value is -1.43. The van der Waals surface area contributed by atoms with Crippen molar-refractivity contribution in [1.82, 2.24) is 5.32 Å². The highest BCUT2D eigenvalue weighted by Gasteiger charge is 2.41. The molecule has 2 atom stereocenters. The summed E-state index contributed by atoms with van der Waals surface area (Å²) in [7, 11) is 0. The van der Waals surface area contributed by atoms with E-state index in [4.69, 9.17) is 0 Å². The lowest BCUT2D eigenvalue weighted by molar-refractivity contribution is -0.134. The normalized spacial score (nSPS) is 23.2. The number of halogens is 2. The Morgan fingerprint density at radius 2 is 2.00 bits per heavy atom. The molecule has 1 aromatic carbocycles. The summed E-state index contributed by atoms with van der Waals surface area (Å²) in [5, 5.41) is 2.63. The smallest absolute Gasteiger partial charge is 0.250 e. The topological polar surface area (TPSA) is 49.4 Å².